The van der Waals surface area contributed by atoms with Crippen LogP contribution in [0.25, 0.3) is 0 Å². The minimum absolute atomic E-state index is 0.167. The topological polar surface area (TPSA) is 41.1 Å². The number of piperidine rings is 1. The van der Waals surface area contributed by atoms with Gasteiger partial charge < -0.3 is 10.6 Å². The Bertz CT molecular complexity index is 363. The van der Waals surface area contributed by atoms with Gasteiger partial charge in [0.25, 0.3) is 0 Å². The molecule has 1 amide bonds. The molecular weight excluding hydrogens is 244 g/mol. The van der Waals surface area contributed by atoms with Gasteiger partial charge in [0.15, 0.2) is 0 Å². The van der Waals surface area contributed by atoms with Crippen molar-refractivity contribution in [3.8, 4) is 0 Å². The minimum atomic E-state index is 0.167. The summed E-state index contributed by atoms with van der Waals surface area (Å²) < 4.78 is 0. The summed E-state index contributed by atoms with van der Waals surface area (Å²) in [6.07, 6.45) is 2.13. The van der Waals surface area contributed by atoms with Crippen LogP contribution in [0, 0.1) is 5.92 Å². The number of carbonyl (C=O) groups excluding carboxylic acids is 1. The molecule has 1 aromatic carbocycles. The molecule has 3 nitrogen and oxygen atoms in total. The molecule has 1 aliphatic heterocycles. The van der Waals surface area contributed by atoms with Crippen molar-refractivity contribution in [2.45, 2.75) is 17.7 Å². The molecule has 1 fully saturated rings. The molecule has 4 heteroatoms. The van der Waals surface area contributed by atoms with Crippen molar-refractivity contribution in [1.29, 1.82) is 0 Å². The van der Waals surface area contributed by atoms with Gasteiger partial charge in [-0.15, -0.1) is 11.8 Å². The zero-order chi connectivity index (χ0) is 12.6. The summed E-state index contributed by atoms with van der Waals surface area (Å²) in [6, 6.07) is 10.3. The fourth-order valence-electron chi connectivity index (χ4n) is 2.08. The molecule has 0 aromatic heterocycles. The Hall–Kier alpha value is -1.00. The molecule has 0 unspecified atom stereocenters. The summed E-state index contributed by atoms with van der Waals surface area (Å²) in [7, 11) is 0. The van der Waals surface area contributed by atoms with Gasteiger partial charge >= 0.3 is 0 Å². The quantitative estimate of drug-likeness (QED) is 0.630. The summed E-state index contributed by atoms with van der Waals surface area (Å²) >= 11 is 1.78. The molecule has 0 bridgehead atoms. The van der Waals surface area contributed by atoms with Gasteiger partial charge in [-0.3, -0.25) is 4.79 Å². The summed E-state index contributed by atoms with van der Waals surface area (Å²) in [5, 5.41) is 6.29. The van der Waals surface area contributed by atoms with E-state index in [1.807, 2.05) is 18.2 Å². The van der Waals surface area contributed by atoms with E-state index in [1.165, 1.54) is 4.90 Å². The largest absolute Gasteiger partial charge is 0.355 e. The fraction of sp³-hybridized carbons (Fsp3) is 0.500. The Labute approximate surface area is 113 Å². The summed E-state index contributed by atoms with van der Waals surface area (Å²) in [6.45, 7) is 2.63. The number of carbonyl (C=O) groups is 1. The fourth-order valence-corrected chi connectivity index (χ4v) is 2.87. The second kappa shape index (κ2) is 7.44. The van der Waals surface area contributed by atoms with Crippen LogP contribution >= 0.6 is 11.8 Å². The Balaban J connectivity index is 1.61. The molecule has 1 aromatic rings. The van der Waals surface area contributed by atoms with Gasteiger partial charge in [0.2, 0.25) is 5.91 Å². The summed E-state index contributed by atoms with van der Waals surface area (Å²) in [4.78, 5) is 13.1. The normalized spacial score (nSPS) is 19.4. The minimum Gasteiger partial charge on any atom is -0.355 e. The lowest BCUT2D eigenvalue weighted by atomic mass is 9.99. The van der Waals surface area contributed by atoms with Gasteiger partial charge in [0.1, 0.15) is 0 Å². The Morgan fingerprint density at radius 2 is 2.22 bits per heavy atom. The Kier molecular flexibility index (Phi) is 5.55. The maximum absolute atomic E-state index is 11.8. The van der Waals surface area contributed by atoms with Crippen molar-refractivity contribution >= 4 is 17.7 Å². The molecule has 18 heavy (non-hydrogen) atoms. The van der Waals surface area contributed by atoms with E-state index >= 15 is 0 Å². The third kappa shape index (κ3) is 4.35. The van der Waals surface area contributed by atoms with Gasteiger partial charge in [-0.1, -0.05) is 18.2 Å². The standard InChI is InChI=1S/C14H20N2OS/c17-14(12-5-4-8-15-11-12)16-9-10-18-13-6-2-1-3-7-13/h1-3,6-7,12,15H,4-5,8-11H2,(H,16,17)/t12-/m1/s1. The predicted molar refractivity (Wildman–Crippen MR) is 75.8 cm³/mol. The number of amides is 1. The first kappa shape index (κ1) is 13.4. The molecule has 0 aliphatic carbocycles. The van der Waals surface area contributed by atoms with Crippen LogP contribution in [0.5, 0.6) is 0 Å². The van der Waals surface area contributed by atoms with Gasteiger partial charge in [0.05, 0.1) is 5.92 Å². The maximum Gasteiger partial charge on any atom is 0.224 e. The smallest absolute Gasteiger partial charge is 0.224 e. The third-order valence-corrected chi connectivity index (χ3v) is 4.09. The highest BCUT2D eigenvalue weighted by Gasteiger charge is 2.19. The lowest BCUT2D eigenvalue weighted by molar-refractivity contribution is -0.125. The van der Waals surface area contributed by atoms with Crippen molar-refractivity contribution in [2.24, 2.45) is 5.92 Å². The van der Waals surface area contributed by atoms with Gasteiger partial charge in [-0.25, -0.2) is 0 Å². The number of nitrogens with one attached hydrogen (secondary N) is 2. The van der Waals surface area contributed by atoms with Crippen LogP contribution in [0.3, 0.4) is 0 Å². The third-order valence-electron chi connectivity index (χ3n) is 3.08. The second-order valence-corrected chi connectivity index (χ2v) is 5.66. The first-order valence-electron chi connectivity index (χ1n) is 6.52. The van der Waals surface area contributed by atoms with Crippen molar-refractivity contribution in [2.75, 3.05) is 25.4 Å². The lowest BCUT2D eigenvalue weighted by Gasteiger charge is -2.21. The highest BCUT2D eigenvalue weighted by molar-refractivity contribution is 7.99. The molecule has 2 N–H and O–H groups in total. The summed E-state index contributed by atoms with van der Waals surface area (Å²) in [5.74, 6) is 1.30. The molecule has 98 valence electrons. The van der Waals surface area contributed by atoms with Gasteiger partial charge in [0, 0.05) is 23.7 Å². The van der Waals surface area contributed by atoms with Crippen molar-refractivity contribution < 1.29 is 4.79 Å². The van der Waals surface area contributed by atoms with Crippen molar-refractivity contribution in [3.05, 3.63) is 30.3 Å². The van der Waals surface area contributed by atoms with Crippen LogP contribution in [-0.4, -0.2) is 31.3 Å². The van der Waals surface area contributed by atoms with E-state index < -0.39 is 0 Å². The number of benzene rings is 1. The maximum atomic E-state index is 11.8. The van der Waals surface area contributed by atoms with E-state index in [0.717, 1.165) is 38.2 Å². The van der Waals surface area contributed by atoms with Crippen LogP contribution < -0.4 is 10.6 Å². The summed E-state index contributed by atoms with van der Waals surface area (Å²) in [5.41, 5.74) is 0. The van der Waals surface area contributed by atoms with Gasteiger partial charge in [-0.05, 0) is 31.5 Å². The van der Waals surface area contributed by atoms with E-state index in [0.29, 0.717) is 0 Å². The SMILES string of the molecule is O=C(NCCSc1ccccc1)[C@@H]1CCCNC1. The molecule has 1 saturated heterocycles. The average Bonchev–Trinajstić information content (AvgIpc) is 2.45. The molecule has 0 spiro atoms. The second-order valence-electron chi connectivity index (χ2n) is 4.50. The highest BCUT2D eigenvalue weighted by Crippen LogP contribution is 2.16. The van der Waals surface area contributed by atoms with Crippen LogP contribution in [-0.2, 0) is 4.79 Å². The van der Waals surface area contributed by atoms with E-state index in [1.54, 1.807) is 11.8 Å². The molecule has 0 radical (unpaired) electrons. The number of hydrogen-bond acceptors (Lipinski definition) is 3. The molecule has 2 rings (SSSR count). The number of hydrogen-bond donors (Lipinski definition) is 2. The van der Waals surface area contributed by atoms with Crippen LogP contribution in [0.1, 0.15) is 12.8 Å². The van der Waals surface area contributed by atoms with Gasteiger partial charge in [-0.2, -0.15) is 0 Å². The Morgan fingerprint density at radius 1 is 1.39 bits per heavy atom. The molecule has 1 atom stereocenters. The first-order chi connectivity index (χ1) is 8.86. The first-order valence-corrected chi connectivity index (χ1v) is 7.51. The highest BCUT2D eigenvalue weighted by atomic mass is 32.2. The molecule has 0 saturated carbocycles. The average molecular weight is 264 g/mol. The molecule has 1 aliphatic rings. The zero-order valence-corrected chi connectivity index (χ0v) is 11.3. The zero-order valence-electron chi connectivity index (χ0n) is 10.5. The van der Waals surface area contributed by atoms with E-state index in [9.17, 15) is 4.79 Å². The van der Waals surface area contributed by atoms with Crippen LogP contribution in [0.4, 0.5) is 0 Å². The number of thioether (sulfide) groups is 1. The van der Waals surface area contributed by atoms with Crippen molar-refractivity contribution in [3.63, 3.8) is 0 Å². The monoisotopic (exact) mass is 264 g/mol. The van der Waals surface area contributed by atoms with Crippen molar-refractivity contribution in [1.82, 2.24) is 10.6 Å². The lowest BCUT2D eigenvalue weighted by Crippen LogP contribution is -2.41. The molecular formula is C14H20N2OS. The van der Waals surface area contributed by atoms with E-state index in [2.05, 4.69) is 22.8 Å². The molecule has 1 heterocycles. The van der Waals surface area contributed by atoms with Crippen LogP contribution in [0.2, 0.25) is 0 Å². The predicted octanol–water partition coefficient (Wildman–Crippen LogP) is 1.89. The van der Waals surface area contributed by atoms with Crippen LogP contribution in [0.15, 0.2) is 35.2 Å². The van der Waals surface area contributed by atoms with E-state index in [-0.39, 0.29) is 11.8 Å². The Morgan fingerprint density at radius 3 is 2.94 bits per heavy atom. The van der Waals surface area contributed by atoms with E-state index in [4.69, 9.17) is 0 Å². The number of rotatable bonds is 5.